The van der Waals surface area contributed by atoms with Crippen LogP contribution in [0.2, 0.25) is 0 Å². The zero-order valence-corrected chi connectivity index (χ0v) is 13.1. The van der Waals surface area contributed by atoms with E-state index in [9.17, 15) is 35.8 Å². The van der Waals surface area contributed by atoms with Crippen LogP contribution in [0.3, 0.4) is 0 Å². The maximum Gasteiger partial charge on any atom is 0.295 e. The smallest absolute Gasteiger partial charge is 0.295 e. The van der Waals surface area contributed by atoms with Gasteiger partial charge in [-0.2, -0.15) is 16.8 Å². The monoisotopic (exact) mass is 360 g/mol. The number of rotatable bonds is 3. The van der Waals surface area contributed by atoms with Crippen LogP contribution in [0.4, 0.5) is 5.69 Å². The number of hydrogen-bond donors (Lipinski definition) is 4. The highest BCUT2D eigenvalue weighted by Crippen LogP contribution is 2.39. The molecule has 0 unspecified atom stereocenters. The lowest BCUT2D eigenvalue weighted by molar-refractivity contribution is -0.114. The third-order valence-corrected chi connectivity index (χ3v) is 4.63. The predicted octanol–water partition coefficient (Wildman–Crippen LogP) is 0.797. The van der Waals surface area contributed by atoms with Gasteiger partial charge in [-0.1, -0.05) is 0 Å². The Morgan fingerprint density at radius 3 is 2.09 bits per heavy atom. The summed E-state index contributed by atoms with van der Waals surface area (Å²) < 4.78 is 64.4. The molecule has 0 saturated carbocycles. The number of aromatic hydroxyl groups is 1. The molecule has 2 aromatic rings. The fraction of sp³-hybridized carbons (Fsp3) is 0.0833. The molecule has 11 heteroatoms. The number of anilines is 1. The molecule has 9 nitrogen and oxygen atoms in total. The first-order valence-electron chi connectivity index (χ1n) is 5.86. The molecule has 1 radical (unpaired) electrons. The molecular weight excluding hydrogens is 350 g/mol. The zero-order valence-electron chi connectivity index (χ0n) is 11.4. The van der Waals surface area contributed by atoms with Gasteiger partial charge in [-0.05, 0) is 18.2 Å². The largest absolute Gasteiger partial charge is 0.507 e. The SMILES string of the molecule is CC(=O)Nc1ccc(S(=O)(=O)O)c2c(S(=O)(=O)O)c[c]c(O)c12. The first-order chi connectivity index (χ1) is 10.4. The van der Waals surface area contributed by atoms with E-state index >= 15 is 0 Å². The Bertz CT molecular complexity index is 986. The van der Waals surface area contributed by atoms with E-state index in [1.165, 1.54) is 0 Å². The Hall–Kier alpha value is -2.21. The van der Waals surface area contributed by atoms with Crippen LogP contribution in [0.15, 0.2) is 28.0 Å². The molecule has 0 atom stereocenters. The summed E-state index contributed by atoms with van der Waals surface area (Å²) in [5.74, 6) is -1.26. The first-order valence-corrected chi connectivity index (χ1v) is 8.74. The number of nitrogens with one attached hydrogen (secondary N) is 1. The van der Waals surface area contributed by atoms with E-state index in [-0.39, 0.29) is 5.69 Å². The van der Waals surface area contributed by atoms with Crippen LogP contribution >= 0.6 is 0 Å². The highest BCUT2D eigenvalue weighted by Gasteiger charge is 2.26. The molecule has 0 aliphatic carbocycles. The number of amides is 1. The summed E-state index contributed by atoms with van der Waals surface area (Å²) >= 11 is 0. The quantitative estimate of drug-likeness (QED) is 0.585. The molecule has 23 heavy (non-hydrogen) atoms. The topological polar surface area (TPSA) is 158 Å². The maximum absolute atomic E-state index is 11.5. The average Bonchev–Trinajstić information content (AvgIpc) is 2.35. The number of carbonyl (C=O) groups is 1. The zero-order chi connectivity index (χ0) is 17.6. The van der Waals surface area contributed by atoms with E-state index in [2.05, 4.69) is 11.4 Å². The minimum atomic E-state index is -4.90. The summed E-state index contributed by atoms with van der Waals surface area (Å²) in [7, 11) is -9.79. The molecule has 0 aliphatic heterocycles. The summed E-state index contributed by atoms with van der Waals surface area (Å²) in [4.78, 5) is 9.43. The average molecular weight is 360 g/mol. The van der Waals surface area contributed by atoms with Crippen molar-refractivity contribution in [3.05, 3.63) is 24.3 Å². The molecule has 2 aromatic carbocycles. The van der Waals surface area contributed by atoms with E-state index in [1.807, 2.05) is 0 Å². The fourth-order valence-electron chi connectivity index (χ4n) is 2.06. The van der Waals surface area contributed by atoms with Gasteiger partial charge in [0.25, 0.3) is 20.2 Å². The summed E-state index contributed by atoms with van der Waals surface area (Å²) in [6.45, 7) is 1.13. The molecular formula is C12H10NO8S2. The number of phenolic OH excluding ortho intramolecular Hbond substituents is 1. The third kappa shape index (κ3) is 3.27. The second-order valence-corrected chi connectivity index (χ2v) is 7.27. The summed E-state index contributed by atoms with van der Waals surface area (Å²) in [6, 6.07) is 4.66. The van der Waals surface area contributed by atoms with Crippen molar-refractivity contribution in [2.75, 3.05) is 5.32 Å². The van der Waals surface area contributed by atoms with Gasteiger partial charge in [0.2, 0.25) is 5.91 Å². The van der Waals surface area contributed by atoms with Crippen LogP contribution in [0, 0.1) is 6.07 Å². The second-order valence-electron chi connectivity index (χ2n) is 4.49. The van der Waals surface area contributed by atoms with E-state index < -0.39 is 52.5 Å². The first kappa shape index (κ1) is 17.1. The molecule has 0 heterocycles. The number of benzene rings is 2. The number of phenols is 1. The molecule has 1 amide bonds. The van der Waals surface area contributed by atoms with Crippen molar-refractivity contribution in [1.82, 2.24) is 0 Å². The minimum Gasteiger partial charge on any atom is -0.507 e. The summed E-state index contributed by atoms with van der Waals surface area (Å²) in [6.07, 6.45) is 0. The Kier molecular flexibility index (Phi) is 4.07. The fourth-order valence-corrected chi connectivity index (χ4v) is 3.52. The molecule has 0 spiro atoms. The standard InChI is InChI=1S/C12H10NO8S2/c1-6(14)13-7-2-4-9(22(16,17)18)12-10(23(19,20)21)5-3-8(15)11(7)12/h2,4-5,15H,1H3,(H,13,14)(H,16,17,18)(H,19,20,21). The van der Waals surface area contributed by atoms with Crippen molar-refractivity contribution in [3.8, 4) is 5.75 Å². The van der Waals surface area contributed by atoms with Crippen LogP contribution in [-0.4, -0.2) is 37.0 Å². The Morgan fingerprint density at radius 1 is 1.04 bits per heavy atom. The van der Waals surface area contributed by atoms with Crippen molar-refractivity contribution >= 4 is 42.6 Å². The molecule has 0 aliphatic rings. The minimum absolute atomic E-state index is 0.126. The summed E-state index contributed by atoms with van der Waals surface area (Å²) in [5, 5.41) is 11.1. The van der Waals surface area contributed by atoms with Gasteiger partial charge in [-0.15, -0.1) is 0 Å². The van der Waals surface area contributed by atoms with Crippen LogP contribution in [0.25, 0.3) is 10.8 Å². The second kappa shape index (κ2) is 5.45. The van der Waals surface area contributed by atoms with Crippen molar-refractivity contribution in [3.63, 3.8) is 0 Å². The molecule has 0 fully saturated rings. The van der Waals surface area contributed by atoms with Gasteiger partial charge >= 0.3 is 0 Å². The number of fused-ring (bicyclic) bond motifs is 1. The number of carbonyl (C=O) groups excluding carboxylic acids is 1. The lowest BCUT2D eigenvalue weighted by Crippen LogP contribution is -2.09. The van der Waals surface area contributed by atoms with Crippen molar-refractivity contribution in [2.45, 2.75) is 16.7 Å². The molecule has 4 N–H and O–H groups in total. The van der Waals surface area contributed by atoms with Crippen molar-refractivity contribution in [1.29, 1.82) is 0 Å². The Morgan fingerprint density at radius 2 is 1.61 bits per heavy atom. The van der Waals surface area contributed by atoms with Gasteiger partial charge in [-0.3, -0.25) is 13.9 Å². The highest BCUT2D eigenvalue weighted by atomic mass is 32.2. The Balaban J connectivity index is 3.14. The lowest BCUT2D eigenvalue weighted by atomic mass is 10.1. The van der Waals surface area contributed by atoms with E-state index in [0.717, 1.165) is 19.1 Å². The van der Waals surface area contributed by atoms with Gasteiger partial charge in [0.05, 0.1) is 11.1 Å². The van der Waals surface area contributed by atoms with Crippen LogP contribution in [0.5, 0.6) is 5.75 Å². The normalized spacial score (nSPS) is 12.3. The van der Waals surface area contributed by atoms with E-state index in [1.54, 1.807) is 0 Å². The van der Waals surface area contributed by atoms with Crippen LogP contribution in [0.1, 0.15) is 6.92 Å². The number of hydrogen-bond acceptors (Lipinski definition) is 6. The third-order valence-electron chi connectivity index (χ3n) is 2.86. The molecule has 0 aromatic heterocycles. The van der Waals surface area contributed by atoms with E-state index in [4.69, 9.17) is 0 Å². The molecule has 123 valence electrons. The molecule has 0 saturated heterocycles. The highest BCUT2D eigenvalue weighted by molar-refractivity contribution is 7.87. The van der Waals surface area contributed by atoms with Crippen molar-refractivity contribution < 1.29 is 35.8 Å². The Labute approximate surface area is 131 Å². The van der Waals surface area contributed by atoms with Gasteiger partial charge in [0, 0.05) is 18.4 Å². The van der Waals surface area contributed by atoms with Gasteiger partial charge in [-0.25, -0.2) is 0 Å². The molecule has 0 bridgehead atoms. The summed E-state index contributed by atoms with van der Waals surface area (Å²) in [5.41, 5.74) is -0.126. The van der Waals surface area contributed by atoms with Gasteiger partial charge in [0.15, 0.2) is 0 Å². The van der Waals surface area contributed by atoms with Gasteiger partial charge in [0.1, 0.15) is 15.5 Å². The van der Waals surface area contributed by atoms with E-state index in [0.29, 0.717) is 6.07 Å². The van der Waals surface area contributed by atoms with Crippen LogP contribution in [-0.2, 0) is 25.0 Å². The van der Waals surface area contributed by atoms with Crippen molar-refractivity contribution in [2.24, 2.45) is 0 Å². The van der Waals surface area contributed by atoms with Gasteiger partial charge < -0.3 is 10.4 Å². The lowest BCUT2D eigenvalue weighted by Gasteiger charge is -2.13. The maximum atomic E-state index is 11.5. The molecule has 2 rings (SSSR count). The van der Waals surface area contributed by atoms with Crippen LogP contribution < -0.4 is 5.32 Å². The predicted molar refractivity (Wildman–Crippen MR) is 78.4 cm³/mol.